The Kier molecular flexibility index (Phi) is 4.75. The van der Waals surface area contributed by atoms with Crippen molar-refractivity contribution in [3.63, 3.8) is 0 Å². The molecule has 0 aliphatic carbocycles. The Morgan fingerprint density at radius 2 is 1.65 bits per heavy atom. The molecule has 0 aliphatic heterocycles. The lowest BCUT2D eigenvalue weighted by atomic mass is 10.1. The van der Waals surface area contributed by atoms with E-state index in [0.29, 0.717) is 0 Å². The molecule has 6 nitrogen and oxygen atoms in total. The summed E-state index contributed by atoms with van der Waals surface area (Å²) in [5, 5.41) is 8.40. The van der Waals surface area contributed by atoms with Crippen LogP contribution in [-0.4, -0.2) is 26.6 Å². The molecule has 20 heavy (non-hydrogen) atoms. The molecule has 3 N–H and O–H groups in total. The number of hydrogen-bond acceptors (Lipinski definition) is 3. The first-order chi connectivity index (χ1) is 9.04. The average molecular weight is 308 g/mol. The average Bonchev–Trinajstić information content (AvgIpc) is 2.26. The molecule has 1 aromatic carbocycles. The minimum absolute atomic E-state index is 0.256. The first-order valence-electron chi connectivity index (χ1n) is 5.30. The number of carboxylic acid groups (broad SMARTS) is 1. The summed E-state index contributed by atoms with van der Waals surface area (Å²) in [6, 6.07) is 3.78. The number of carbonyl (C=O) groups excluding carboxylic acids is 1. The monoisotopic (exact) mass is 308 g/mol. The van der Waals surface area contributed by atoms with Crippen LogP contribution >= 0.6 is 7.60 Å². The number of rotatable bonds is 6. The van der Waals surface area contributed by atoms with Crippen LogP contribution in [0, 0.1) is 0 Å². The fourth-order valence-corrected chi connectivity index (χ4v) is 1.94. The minimum atomic E-state index is -5.63. The molecule has 0 radical (unpaired) electrons. The fraction of sp³-hybridized carbons (Fsp3) is 0.273. The third kappa shape index (κ3) is 3.93. The molecule has 0 amide bonds. The Morgan fingerprint density at radius 1 is 1.15 bits per heavy atom. The Morgan fingerprint density at radius 3 is 2.05 bits per heavy atom. The van der Waals surface area contributed by atoms with Crippen LogP contribution in [0.2, 0.25) is 0 Å². The maximum absolute atomic E-state index is 13.3. The molecule has 0 saturated carbocycles. The highest BCUT2D eigenvalue weighted by molar-refractivity contribution is 7.52. The molecule has 0 fully saturated rings. The van der Waals surface area contributed by atoms with Gasteiger partial charge in [0.15, 0.2) is 0 Å². The summed E-state index contributed by atoms with van der Waals surface area (Å²) in [6.07, 6.45) is -0.936. The van der Waals surface area contributed by atoms with E-state index in [4.69, 9.17) is 14.9 Å². The quantitative estimate of drug-likeness (QED) is 0.542. The highest BCUT2D eigenvalue weighted by Gasteiger charge is 2.50. The van der Waals surface area contributed by atoms with E-state index in [1.807, 2.05) is 0 Å². The second-order valence-corrected chi connectivity index (χ2v) is 5.72. The Labute approximate surface area is 112 Å². The normalized spacial score (nSPS) is 12.2. The molecule has 0 unspecified atom stereocenters. The lowest BCUT2D eigenvalue weighted by molar-refractivity contribution is -0.140. The van der Waals surface area contributed by atoms with E-state index >= 15 is 0 Å². The van der Waals surface area contributed by atoms with E-state index in [9.17, 15) is 22.9 Å². The number of alkyl halides is 2. The van der Waals surface area contributed by atoms with Crippen LogP contribution in [0.5, 0.6) is 0 Å². The van der Waals surface area contributed by atoms with Crippen LogP contribution in [-0.2, 0) is 26.2 Å². The predicted octanol–water partition coefficient (Wildman–Crippen LogP) is 1.50. The summed E-state index contributed by atoms with van der Waals surface area (Å²) >= 11 is 0. The van der Waals surface area contributed by atoms with Crippen LogP contribution in [0.15, 0.2) is 24.3 Å². The van der Waals surface area contributed by atoms with Gasteiger partial charge in [0.25, 0.3) is 0 Å². The SMILES string of the molecule is O=C(O)CC(=O)Cc1ccc(C(F)(F)P(=O)(O)O)cc1. The van der Waals surface area contributed by atoms with Gasteiger partial charge in [0.2, 0.25) is 0 Å². The van der Waals surface area contributed by atoms with E-state index in [1.165, 1.54) is 0 Å². The third-order valence-electron chi connectivity index (χ3n) is 2.42. The largest absolute Gasteiger partial charge is 0.481 e. The van der Waals surface area contributed by atoms with Gasteiger partial charge in [-0.05, 0) is 5.56 Å². The zero-order valence-corrected chi connectivity index (χ0v) is 10.9. The number of ketones is 1. The molecule has 1 rings (SSSR count). The predicted molar refractivity (Wildman–Crippen MR) is 63.3 cm³/mol. The zero-order chi connectivity index (χ0) is 15.6. The van der Waals surface area contributed by atoms with Crippen molar-refractivity contribution in [2.24, 2.45) is 0 Å². The number of carbonyl (C=O) groups is 2. The highest BCUT2D eigenvalue weighted by Crippen LogP contribution is 2.59. The van der Waals surface area contributed by atoms with Crippen LogP contribution in [0.4, 0.5) is 8.78 Å². The second kappa shape index (κ2) is 5.78. The van der Waals surface area contributed by atoms with Gasteiger partial charge in [0.05, 0.1) is 0 Å². The van der Waals surface area contributed by atoms with Gasteiger partial charge in [-0.15, -0.1) is 0 Å². The number of carboxylic acids is 1. The molecule has 0 spiro atoms. The van der Waals surface area contributed by atoms with Gasteiger partial charge in [-0.2, -0.15) is 8.78 Å². The topological polar surface area (TPSA) is 112 Å². The number of benzene rings is 1. The summed E-state index contributed by atoms with van der Waals surface area (Å²) in [4.78, 5) is 38.6. The van der Waals surface area contributed by atoms with Crippen molar-refractivity contribution in [3.8, 4) is 0 Å². The zero-order valence-electron chi connectivity index (χ0n) is 9.99. The van der Waals surface area contributed by atoms with Gasteiger partial charge in [0, 0.05) is 12.0 Å². The van der Waals surface area contributed by atoms with Gasteiger partial charge < -0.3 is 14.9 Å². The van der Waals surface area contributed by atoms with Gasteiger partial charge in [-0.1, -0.05) is 24.3 Å². The standard InChI is InChI=1S/C11H11F2O6P/c12-11(13,20(17,18)19)8-3-1-7(2-4-8)5-9(14)6-10(15)16/h1-4H,5-6H2,(H,15,16)(H2,17,18,19). The van der Waals surface area contributed by atoms with Crippen molar-refractivity contribution in [1.82, 2.24) is 0 Å². The maximum atomic E-state index is 13.3. The van der Waals surface area contributed by atoms with Crippen molar-refractivity contribution >= 4 is 19.3 Å². The fourth-order valence-electron chi connectivity index (χ4n) is 1.45. The maximum Gasteiger partial charge on any atom is 0.399 e. The highest BCUT2D eigenvalue weighted by atomic mass is 31.2. The summed E-state index contributed by atoms with van der Waals surface area (Å²) in [5.41, 5.74) is -4.90. The lowest BCUT2D eigenvalue weighted by Gasteiger charge is -2.17. The molecule has 0 atom stereocenters. The van der Waals surface area contributed by atoms with Crippen molar-refractivity contribution in [2.45, 2.75) is 18.5 Å². The van der Waals surface area contributed by atoms with Crippen molar-refractivity contribution in [3.05, 3.63) is 35.4 Å². The van der Waals surface area contributed by atoms with Crippen LogP contribution in [0.25, 0.3) is 0 Å². The molecule has 0 aliphatic rings. The number of halogens is 2. The second-order valence-electron chi connectivity index (χ2n) is 4.07. The molecule has 0 heterocycles. The molecular formula is C11H11F2O6P. The first-order valence-corrected chi connectivity index (χ1v) is 6.91. The van der Waals surface area contributed by atoms with Crippen molar-refractivity contribution in [1.29, 1.82) is 0 Å². The van der Waals surface area contributed by atoms with E-state index in [-0.39, 0.29) is 12.0 Å². The summed E-state index contributed by atoms with van der Waals surface area (Å²) in [6.45, 7) is 0. The summed E-state index contributed by atoms with van der Waals surface area (Å²) in [5.74, 6) is -1.90. The Bertz CT molecular complexity index is 563. The van der Waals surface area contributed by atoms with Gasteiger partial charge in [-0.25, -0.2) is 0 Å². The van der Waals surface area contributed by atoms with Crippen molar-refractivity contribution in [2.75, 3.05) is 0 Å². The number of aliphatic carboxylic acids is 1. The third-order valence-corrected chi connectivity index (χ3v) is 3.41. The van der Waals surface area contributed by atoms with Crippen LogP contribution < -0.4 is 0 Å². The first kappa shape index (κ1) is 16.4. The molecule has 110 valence electrons. The van der Waals surface area contributed by atoms with Crippen LogP contribution in [0.3, 0.4) is 0 Å². The molecule has 1 aromatic rings. The molecular weight excluding hydrogens is 297 g/mol. The van der Waals surface area contributed by atoms with E-state index in [1.54, 1.807) is 0 Å². The van der Waals surface area contributed by atoms with Gasteiger partial charge >= 0.3 is 19.2 Å². The van der Waals surface area contributed by atoms with E-state index in [0.717, 1.165) is 24.3 Å². The molecule has 9 heteroatoms. The Balaban J connectivity index is 2.87. The smallest absolute Gasteiger partial charge is 0.399 e. The van der Waals surface area contributed by atoms with E-state index in [2.05, 4.69) is 0 Å². The van der Waals surface area contributed by atoms with Gasteiger partial charge in [-0.3, -0.25) is 14.2 Å². The molecule has 0 aromatic heterocycles. The molecule has 0 bridgehead atoms. The van der Waals surface area contributed by atoms with E-state index < -0.39 is 37.0 Å². The Hall–Kier alpha value is -1.63. The summed E-state index contributed by atoms with van der Waals surface area (Å²) in [7, 11) is -5.63. The minimum Gasteiger partial charge on any atom is -0.481 e. The van der Waals surface area contributed by atoms with Gasteiger partial charge in [0.1, 0.15) is 12.2 Å². The summed E-state index contributed by atoms with van der Waals surface area (Å²) < 4.78 is 37.3. The molecule has 0 saturated heterocycles. The number of Topliss-reactive ketones (excluding diaryl/α,β-unsaturated/α-hetero) is 1. The lowest BCUT2D eigenvalue weighted by Crippen LogP contribution is -2.14. The van der Waals surface area contributed by atoms with Crippen LogP contribution in [0.1, 0.15) is 17.5 Å². The number of hydrogen-bond donors (Lipinski definition) is 3. The van der Waals surface area contributed by atoms with Crippen molar-refractivity contribution < 1.29 is 37.8 Å².